The molecule has 0 spiro atoms. The van der Waals surface area contributed by atoms with Crippen molar-refractivity contribution >= 4 is 17.9 Å². The summed E-state index contributed by atoms with van der Waals surface area (Å²) in [6, 6.07) is 0. The second-order valence-corrected chi connectivity index (χ2v) is 2.48. The number of hydrogen-bond donors (Lipinski definition) is 4. The van der Waals surface area contributed by atoms with Gasteiger partial charge in [0.2, 0.25) is 0 Å². The van der Waals surface area contributed by atoms with Crippen molar-refractivity contribution in [1.29, 1.82) is 0 Å². The van der Waals surface area contributed by atoms with E-state index in [2.05, 4.69) is 0 Å². The van der Waals surface area contributed by atoms with E-state index in [9.17, 15) is 14.4 Å². The monoisotopic (exact) mass is 306 g/mol. The van der Waals surface area contributed by atoms with Crippen LogP contribution in [0.25, 0.3) is 0 Å². The van der Waals surface area contributed by atoms with E-state index in [0.29, 0.717) is 0 Å². The van der Waals surface area contributed by atoms with Gasteiger partial charge in [0.1, 0.15) is 0 Å². The normalized spacial score (nSPS) is 10.1. The van der Waals surface area contributed by atoms with Crippen molar-refractivity contribution in [2.24, 2.45) is 0 Å². The van der Waals surface area contributed by atoms with Gasteiger partial charge in [0.05, 0.1) is 12.8 Å². The second kappa shape index (κ2) is 5.91. The van der Waals surface area contributed by atoms with Crippen LogP contribution in [0.2, 0.25) is 0 Å². The fourth-order valence-electron chi connectivity index (χ4n) is 0.714. The first kappa shape index (κ1) is 15.8. The summed E-state index contributed by atoms with van der Waals surface area (Å²) in [6.07, 6.45) is -2.29. The number of hydrogen-bond acceptors (Lipinski definition) is 4. The molecule has 14 heavy (non-hydrogen) atoms. The van der Waals surface area contributed by atoms with E-state index in [-0.39, 0.29) is 27.3 Å². The quantitative estimate of drug-likeness (QED) is 0.466. The van der Waals surface area contributed by atoms with Crippen LogP contribution in [0.1, 0.15) is 12.8 Å². The Morgan fingerprint density at radius 2 is 1.21 bits per heavy atom. The van der Waals surface area contributed by atoms with Crippen LogP contribution in [0.4, 0.5) is 0 Å². The standard InChI is InChI=1S/C6H8O7.Cd/c7-3(8)1-6(13,5(11)12)2-4(9)10;/h13H,1-2H2,(H,7,8)(H,9,10)(H,11,12);. The van der Waals surface area contributed by atoms with E-state index in [1.54, 1.807) is 0 Å². The number of carbonyl (C=O) groups is 3. The topological polar surface area (TPSA) is 132 Å². The molecule has 0 aliphatic carbocycles. The van der Waals surface area contributed by atoms with Crippen LogP contribution in [-0.4, -0.2) is 43.9 Å². The van der Waals surface area contributed by atoms with Crippen LogP contribution >= 0.6 is 0 Å². The number of aliphatic carboxylic acids is 3. The zero-order valence-electron chi connectivity index (χ0n) is 7.13. The molecule has 8 heteroatoms. The van der Waals surface area contributed by atoms with Crippen LogP contribution in [0, 0.1) is 0 Å². The Morgan fingerprint density at radius 1 is 0.929 bits per heavy atom. The third kappa shape index (κ3) is 5.12. The summed E-state index contributed by atoms with van der Waals surface area (Å²) in [6.45, 7) is 0. The minimum absolute atomic E-state index is 0. The minimum atomic E-state index is -2.74. The molecule has 7 nitrogen and oxygen atoms in total. The molecule has 0 rings (SSSR count). The molecular weight excluding hydrogens is 296 g/mol. The van der Waals surface area contributed by atoms with Gasteiger partial charge in [-0.3, -0.25) is 9.59 Å². The van der Waals surface area contributed by atoms with Crippen LogP contribution in [0.3, 0.4) is 0 Å². The summed E-state index contributed by atoms with van der Waals surface area (Å²) >= 11 is 0. The van der Waals surface area contributed by atoms with Gasteiger partial charge < -0.3 is 20.4 Å². The van der Waals surface area contributed by atoms with Gasteiger partial charge in [0, 0.05) is 27.3 Å². The fraction of sp³-hybridized carbons (Fsp3) is 0.500. The van der Waals surface area contributed by atoms with Crippen molar-refractivity contribution in [1.82, 2.24) is 0 Å². The first-order valence-electron chi connectivity index (χ1n) is 3.17. The number of aliphatic hydroxyl groups is 1. The van der Waals surface area contributed by atoms with Crippen molar-refractivity contribution in [3.8, 4) is 0 Å². The van der Waals surface area contributed by atoms with E-state index in [1.807, 2.05) is 0 Å². The van der Waals surface area contributed by atoms with Crippen molar-refractivity contribution in [3.63, 3.8) is 0 Å². The van der Waals surface area contributed by atoms with E-state index in [1.165, 1.54) is 0 Å². The number of carboxylic acid groups (broad SMARTS) is 3. The zero-order chi connectivity index (χ0) is 10.6. The van der Waals surface area contributed by atoms with Crippen LogP contribution < -0.4 is 0 Å². The molecule has 0 fully saturated rings. The van der Waals surface area contributed by atoms with E-state index >= 15 is 0 Å². The maximum absolute atomic E-state index is 10.3. The average Bonchev–Trinajstić information content (AvgIpc) is 1.82. The van der Waals surface area contributed by atoms with Gasteiger partial charge in [-0.25, -0.2) is 4.79 Å². The minimum Gasteiger partial charge on any atom is -0.481 e. The first-order chi connectivity index (χ1) is 5.78. The molecule has 0 saturated carbocycles. The SMILES string of the molecule is O=C(O)CC(O)(CC(=O)O)C(=O)O.[Cd]. The molecule has 0 aromatic carbocycles. The van der Waals surface area contributed by atoms with Crippen LogP contribution in [0.15, 0.2) is 0 Å². The fourth-order valence-corrected chi connectivity index (χ4v) is 0.714. The van der Waals surface area contributed by atoms with Gasteiger partial charge in [0.25, 0.3) is 0 Å². The van der Waals surface area contributed by atoms with Crippen molar-refractivity contribution in [3.05, 3.63) is 0 Å². The van der Waals surface area contributed by atoms with Gasteiger partial charge >= 0.3 is 17.9 Å². The third-order valence-electron chi connectivity index (χ3n) is 1.29. The summed E-state index contributed by atoms with van der Waals surface area (Å²) in [5.41, 5.74) is -2.74. The Balaban J connectivity index is 0. The van der Waals surface area contributed by atoms with Crippen molar-refractivity contribution in [2.45, 2.75) is 18.4 Å². The summed E-state index contributed by atoms with van der Waals surface area (Å²) in [5, 5.41) is 33.8. The predicted octanol–water partition coefficient (Wildman–Crippen LogP) is -1.25. The molecule has 0 aliphatic heterocycles. The van der Waals surface area contributed by atoms with E-state index in [0.717, 1.165) is 0 Å². The molecule has 0 aromatic rings. The van der Waals surface area contributed by atoms with Gasteiger partial charge in [-0.05, 0) is 0 Å². The first-order valence-corrected chi connectivity index (χ1v) is 3.17. The Morgan fingerprint density at radius 3 is 1.36 bits per heavy atom. The smallest absolute Gasteiger partial charge is 0.336 e. The molecule has 0 aliphatic rings. The van der Waals surface area contributed by atoms with Crippen molar-refractivity contribution in [2.75, 3.05) is 0 Å². The van der Waals surface area contributed by atoms with E-state index in [4.69, 9.17) is 20.4 Å². The summed E-state index contributed by atoms with van der Waals surface area (Å²) in [7, 11) is 0. The molecule has 0 amide bonds. The molecule has 4 N–H and O–H groups in total. The van der Waals surface area contributed by atoms with Gasteiger partial charge in [-0.1, -0.05) is 0 Å². The van der Waals surface area contributed by atoms with Crippen molar-refractivity contribution < 1.29 is 62.1 Å². The Hall–Kier alpha value is -0.708. The molecule has 0 aromatic heterocycles. The second-order valence-electron chi connectivity index (χ2n) is 2.48. The molecule has 0 atom stereocenters. The van der Waals surface area contributed by atoms with Gasteiger partial charge in [-0.2, -0.15) is 0 Å². The molecule has 0 bridgehead atoms. The molecular formula is C6H8CdO7. The Kier molecular flexibility index (Phi) is 6.64. The zero-order valence-corrected chi connectivity index (χ0v) is 11.2. The largest absolute Gasteiger partial charge is 0.481 e. The van der Waals surface area contributed by atoms with E-state index < -0.39 is 36.4 Å². The maximum Gasteiger partial charge on any atom is 0.336 e. The summed E-state index contributed by atoms with van der Waals surface area (Å²) in [5.74, 6) is -5.02. The van der Waals surface area contributed by atoms with Crippen LogP contribution in [-0.2, 0) is 41.7 Å². The number of rotatable bonds is 5. The number of carboxylic acids is 3. The van der Waals surface area contributed by atoms with Crippen LogP contribution in [0.5, 0.6) is 0 Å². The molecule has 0 unspecified atom stereocenters. The Labute approximate surface area is 98.5 Å². The predicted molar refractivity (Wildman–Crippen MR) is 37.1 cm³/mol. The summed E-state index contributed by atoms with van der Waals surface area (Å²) < 4.78 is 0. The molecule has 0 saturated heterocycles. The maximum atomic E-state index is 10.3. The van der Waals surface area contributed by atoms with Gasteiger partial charge in [-0.15, -0.1) is 0 Å². The molecule has 0 heterocycles. The van der Waals surface area contributed by atoms with Gasteiger partial charge in [0.15, 0.2) is 5.60 Å². The molecule has 76 valence electrons. The third-order valence-corrected chi connectivity index (χ3v) is 1.29. The summed E-state index contributed by atoms with van der Waals surface area (Å²) in [4.78, 5) is 30.5. The molecule has 0 radical (unpaired) electrons. The average molecular weight is 305 g/mol. The Bertz CT molecular complexity index is 233.